The van der Waals surface area contributed by atoms with Crippen molar-refractivity contribution in [2.75, 3.05) is 11.9 Å². The van der Waals surface area contributed by atoms with Gasteiger partial charge in [-0.05, 0) is 56.9 Å². The molecule has 2 amide bonds. The van der Waals surface area contributed by atoms with E-state index in [1.54, 1.807) is 0 Å². The van der Waals surface area contributed by atoms with Gasteiger partial charge in [0, 0.05) is 18.3 Å². The minimum absolute atomic E-state index is 0.0206. The van der Waals surface area contributed by atoms with Gasteiger partial charge in [-0.25, -0.2) is 4.79 Å². The van der Waals surface area contributed by atoms with Crippen molar-refractivity contribution in [2.45, 2.75) is 39.7 Å². The molecule has 1 aliphatic heterocycles. The maximum absolute atomic E-state index is 12.6. The second-order valence-electron chi connectivity index (χ2n) is 5.95. The van der Waals surface area contributed by atoms with E-state index in [2.05, 4.69) is 17.4 Å². The lowest BCUT2D eigenvalue weighted by atomic mass is 10.1. The Hall–Kier alpha value is -2.30. The molecule has 0 spiro atoms. The molecule has 5 heteroatoms. The van der Waals surface area contributed by atoms with Crippen LogP contribution in [-0.4, -0.2) is 22.6 Å². The summed E-state index contributed by atoms with van der Waals surface area (Å²) in [4.78, 5) is 14.4. The predicted molar refractivity (Wildman–Crippen MR) is 84.9 cm³/mol. The molecule has 1 aliphatic rings. The highest BCUT2D eigenvalue weighted by atomic mass is 16.5. The summed E-state index contributed by atoms with van der Waals surface area (Å²) in [5.74, 6) is 0.769. The molecule has 1 aromatic heterocycles. The van der Waals surface area contributed by atoms with E-state index >= 15 is 0 Å². The van der Waals surface area contributed by atoms with Crippen LogP contribution < -0.4 is 5.32 Å². The van der Waals surface area contributed by atoms with Gasteiger partial charge < -0.3 is 14.7 Å². The number of aromatic nitrogens is 1. The number of hydrogen-bond donors (Lipinski definition) is 1. The molecule has 1 N–H and O–H groups in total. The fourth-order valence-corrected chi connectivity index (χ4v) is 2.86. The van der Waals surface area contributed by atoms with Crippen LogP contribution in [0.4, 0.5) is 10.5 Å². The Kier molecular flexibility index (Phi) is 3.88. The number of rotatable bonds is 2. The average Bonchev–Trinajstić information content (AvgIpc) is 3.11. The SMILES string of the molecule is Cc1cc(C2CCCN2C(=O)Nc2ccc(C)c(C)c2)on1. The van der Waals surface area contributed by atoms with E-state index in [1.807, 2.05) is 43.0 Å². The summed E-state index contributed by atoms with van der Waals surface area (Å²) in [5, 5.41) is 6.91. The quantitative estimate of drug-likeness (QED) is 0.912. The van der Waals surface area contributed by atoms with Gasteiger partial charge in [-0.15, -0.1) is 0 Å². The molecule has 1 atom stereocenters. The standard InChI is InChI=1S/C17H21N3O2/c1-11-6-7-14(9-12(11)2)18-17(21)20-8-4-5-15(20)16-10-13(3)19-22-16/h6-7,9-10,15H,4-5,8H2,1-3H3,(H,18,21). The van der Waals surface area contributed by atoms with E-state index in [0.29, 0.717) is 0 Å². The highest BCUT2D eigenvalue weighted by molar-refractivity contribution is 5.89. The van der Waals surface area contributed by atoms with Crippen molar-refractivity contribution in [1.82, 2.24) is 10.1 Å². The molecule has 0 bridgehead atoms. The van der Waals surface area contributed by atoms with Crippen molar-refractivity contribution in [3.8, 4) is 0 Å². The number of nitrogens with zero attached hydrogens (tertiary/aromatic N) is 2. The first-order valence-corrected chi connectivity index (χ1v) is 7.62. The number of likely N-dealkylation sites (tertiary alicyclic amines) is 1. The van der Waals surface area contributed by atoms with E-state index in [-0.39, 0.29) is 12.1 Å². The number of anilines is 1. The fraction of sp³-hybridized carbons (Fsp3) is 0.412. The summed E-state index contributed by atoms with van der Waals surface area (Å²) in [6.07, 6.45) is 1.89. The lowest BCUT2D eigenvalue weighted by Crippen LogP contribution is -2.34. The van der Waals surface area contributed by atoms with Crippen molar-refractivity contribution >= 4 is 11.7 Å². The van der Waals surface area contributed by atoms with Crippen LogP contribution in [-0.2, 0) is 0 Å². The Morgan fingerprint density at radius 2 is 2.09 bits per heavy atom. The number of carbonyl (C=O) groups is 1. The van der Waals surface area contributed by atoms with Crippen LogP contribution in [0.2, 0.25) is 0 Å². The summed E-state index contributed by atoms with van der Waals surface area (Å²) >= 11 is 0. The Labute approximate surface area is 130 Å². The zero-order valence-corrected chi connectivity index (χ0v) is 13.2. The molecule has 1 unspecified atom stereocenters. The second-order valence-corrected chi connectivity index (χ2v) is 5.95. The number of hydrogen-bond acceptors (Lipinski definition) is 3. The average molecular weight is 299 g/mol. The van der Waals surface area contributed by atoms with Gasteiger partial charge in [-0.1, -0.05) is 11.2 Å². The highest BCUT2D eigenvalue weighted by Crippen LogP contribution is 2.32. The van der Waals surface area contributed by atoms with Crippen LogP contribution in [0.3, 0.4) is 0 Å². The van der Waals surface area contributed by atoms with E-state index in [1.165, 1.54) is 11.1 Å². The van der Waals surface area contributed by atoms with Crippen LogP contribution in [0.5, 0.6) is 0 Å². The van der Waals surface area contributed by atoms with E-state index in [4.69, 9.17) is 4.52 Å². The molecular weight excluding hydrogens is 278 g/mol. The normalized spacial score (nSPS) is 17.8. The first kappa shape index (κ1) is 14.6. The molecule has 0 saturated carbocycles. The van der Waals surface area contributed by atoms with Gasteiger partial charge >= 0.3 is 6.03 Å². The van der Waals surface area contributed by atoms with Gasteiger partial charge in [-0.3, -0.25) is 0 Å². The van der Waals surface area contributed by atoms with Crippen molar-refractivity contribution < 1.29 is 9.32 Å². The third-order valence-electron chi connectivity index (χ3n) is 4.25. The van der Waals surface area contributed by atoms with Gasteiger partial charge in [0.1, 0.15) is 0 Å². The lowest BCUT2D eigenvalue weighted by molar-refractivity contribution is 0.195. The molecule has 3 rings (SSSR count). The van der Waals surface area contributed by atoms with Crippen molar-refractivity contribution in [2.24, 2.45) is 0 Å². The van der Waals surface area contributed by atoms with Gasteiger partial charge in [0.2, 0.25) is 0 Å². The molecule has 116 valence electrons. The molecule has 2 aromatic rings. The van der Waals surface area contributed by atoms with Gasteiger partial charge in [0.25, 0.3) is 0 Å². The smallest absolute Gasteiger partial charge is 0.322 e. The van der Waals surface area contributed by atoms with Gasteiger partial charge in [-0.2, -0.15) is 0 Å². The maximum Gasteiger partial charge on any atom is 0.322 e. The third-order valence-corrected chi connectivity index (χ3v) is 4.25. The van der Waals surface area contributed by atoms with E-state index < -0.39 is 0 Å². The monoisotopic (exact) mass is 299 g/mol. The second kappa shape index (κ2) is 5.83. The molecule has 0 radical (unpaired) electrons. The summed E-state index contributed by atoms with van der Waals surface area (Å²) in [5.41, 5.74) is 4.06. The Balaban J connectivity index is 1.74. The first-order chi connectivity index (χ1) is 10.5. The predicted octanol–water partition coefficient (Wildman–Crippen LogP) is 3.97. The van der Waals surface area contributed by atoms with Crippen LogP contribution in [0.1, 0.15) is 41.5 Å². The largest absolute Gasteiger partial charge is 0.359 e. The summed E-state index contributed by atoms with van der Waals surface area (Å²) in [6.45, 7) is 6.73. The molecule has 1 aromatic carbocycles. The molecular formula is C17H21N3O2. The fourth-order valence-electron chi connectivity index (χ4n) is 2.86. The van der Waals surface area contributed by atoms with Crippen molar-refractivity contribution in [3.63, 3.8) is 0 Å². The highest BCUT2D eigenvalue weighted by Gasteiger charge is 2.32. The zero-order chi connectivity index (χ0) is 15.7. The number of amides is 2. The minimum Gasteiger partial charge on any atom is -0.359 e. The summed E-state index contributed by atoms with van der Waals surface area (Å²) < 4.78 is 5.34. The number of benzene rings is 1. The number of carbonyl (C=O) groups excluding carboxylic acids is 1. The molecule has 22 heavy (non-hydrogen) atoms. The summed E-state index contributed by atoms with van der Waals surface area (Å²) in [6, 6.07) is 7.76. The molecule has 2 heterocycles. The Bertz CT molecular complexity index is 693. The third kappa shape index (κ3) is 2.84. The Morgan fingerprint density at radius 3 is 2.77 bits per heavy atom. The van der Waals surface area contributed by atoms with Crippen LogP contribution in [0, 0.1) is 20.8 Å². The summed E-state index contributed by atoms with van der Waals surface area (Å²) in [7, 11) is 0. The van der Waals surface area contributed by atoms with Crippen LogP contribution in [0.15, 0.2) is 28.8 Å². The first-order valence-electron chi connectivity index (χ1n) is 7.62. The van der Waals surface area contributed by atoms with Gasteiger partial charge in [0.15, 0.2) is 5.76 Å². The molecule has 1 fully saturated rings. The minimum atomic E-state index is -0.0835. The van der Waals surface area contributed by atoms with Crippen molar-refractivity contribution in [3.05, 3.63) is 46.8 Å². The Morgan fingerprint density at radius 1 is 1.27 bits per heavy atom. The zero-order valence-electron chi connectivity index (χ0n) is 13.2. The number of urea groups is 1. The number of nitrogens with one attached hydrogen (secondary N) is 1. The van der Waals surface area contributed by atoms with E-state index in [9.17, 15) is 4.79 Å². The lowest BCUT2D eigenvalue weighted by Gasteiger charge is -2.23. The maximum atomic E-state index is 12.6. The van der Waals surface area contributed by atoms with E-state index in [0.717, 1.165) is 36.5 Å². The topological polar surface area (TPSA) is 58.4 Å². The molecule has 5 nitrogen and oxygen atoms in total. The van der Waals surface area contributed by atoms with Crippen LogP contribution in [0.25, 0.3) is 0 Å². The van der Waals surface area contributed by atoms with Gasteiger partial charge in [0.05, 0.1) is 11.7 Å². The van der Waals surface area contributed by atoms with Crippen LogP contribution >= 0.6 is 0 Å². The molecule has 0 aliphatic carbocycles. The van der Waals surface area contributed by atoms with Crippen molar-refractivity contribution in [1.29, 1.82) is 0 Å². The number of aryl methyl sites for hydroxylation is 3. The molecule has 1 saturated heterocycles.